The van der Waals surface area contributed by atoms with Crippen LogP contribution in [0.2, 0.25) is 0 Å². The molecule has 3 rings (SSSR count). The molecule has 0 spiro atoms. The molecular formula is C20H30N6O2S. The molecule has 1 aliphatic heterocycles. The number of piperidine rings is 1. The number of hydrogen-bond donors (Lipinski definition) is 1. The topological polar surface area (TPSA) is 91.3 Å². The predicted octanol–water partition coefficient (Wildman–Crippen LogP) is 3.00. The van der Waals surface area contributed by atoms with Gasteiger partial charge in [-0.05, 0) is 44.9 Å². The molecule has 1 saturated heterocycles. The van der Waals surface area contributed by atoms with Crippen LogP contribution in [0, 0.1) is 13.8 Å². The van der Waals surface area contributed by atoms with Gasteiger partial charge in [0.2, 0.25) is 5.95 Å². The van der Waals surface area contributed by atoms with Gasteiger partial charge in [0, 0.05) is 49.2 Å². The molecular weight excluding hydrogens is 388 g/mol. The number of aryl methyl sites for hydroxylation is 2. The second-order valence-corrected chi connectivity index (χ2v) is 9.26. The van der Waals surface area contributed by atoms with Crippen molar-refractivity contribution in [2.45, 2.75) is 46.5 Å². The third-order valence-corrected chi connectivity index (χ3v) is 7.44. The lowest BCUT2D eigenvalue weighted by molar-refractivity contribution is 0.289. The maximum absolute atomic E-state index is 12.7. The Kier molecular flexibility index (Phi) is 6.81. The van der Waals surface area contributed by atoms with E-state index in [0.717, 1.165) is 35.6 Å². The predicted molar refractivity (Wildman–Crippen MR) is 114 cm³/mol. The number of nitrogens with one attached hydrogen (secondary N) is 1. The standard InChI is InChI=1S/C20H30N6O2S/c1-5-25(6-2)29(27,28)26-11-9-17(10-12-26)19-8-7-18(14-21-19)24-20-22-15(3)13-16(4)23-20/h7-8,13-14,17H,5-6,9-12H2,1-4H3,(H,22,23,24). The summed E-state index contributed by atoms with van der Waals surface area (Å²) in [6, 6.07) is 5.91. The van der Waals surface area contributed by atoms with Crippen LogP contribution >= 0.6 is 0 Å². The van der Waals surface area contributed by atoms with Crippen molar-refractivity contribution in [3.8, 4) is 0 Å². The highest BCUT2D eigenvalue weighted by molar-refractivity contribution is 7.86. The smallest absolute Gasteiger partial charge is 0.281 e. The van der Waals surface area contributed by atoms with Crippen LogP contribution in [0.3, 0.4) is 0 Å². The summed E-state index contributed by atoms with van der Waals surface area (Å²) in [5.74, 6) is 0.830. The molecule has 0 atom stereocenters. The Balaban J connectivity index is 1.62. The lowest BCUT2D eigenvalue weighted by Gasteiger charge is -2.34. The fraction of sp³-hybridized carbons (Fsp3) is 0.550. The SMILES string of the molecule is CCN(CC)S(=O)(=O)N1CCC(c2ccc(Nc3nc(C)cc(C)n3)cn2)CC1. The van der Waals surface area contributed by atoms with Crippen molar-refractivity contribution in [3.05, 3.63) is 41.5 Å². The van der Waals surface area contributed by atoms with Crippen LogP contribution in [0.1, 0.15) is 49.7 Å². The average Bonchev–Trinajstić information content (AvgIpc) is 2.69. The second kappa shape index (κ2) is 9.15. The first-order valence-corrected chi connectivity index (χ1v) is 11.5. The molecule has 0 unspecified atom stereocenters. The van der Waals surface area contributed by atoms with Gasteiger partial charge in [0.15, 0.2) is 0 Å². The number of aromatic nitrogens is 3. The fourth-order valence-electron chi connectivity index (χ4n) is 3.73. The zero-order chi connectivity index (χ0) is 21.0. The van der Waals surface area contributed by atoms with E-state index in [4.69, 9.17) is 0 Å². The van der Waals surface area contributed by atoms with Gasteiger partial charge in [-0.15, -0.1) is 0 Å². The summed E-state index contributed by atoms with van der Waals surface area (Å²) in [4.78, 5) is 13.4. The van der Waals surface area contributed by atoms with Crippen molar-refractivity contribution >= 4 is 21.8 Å². The molecule has 0 aromatic carbocycles. The summed E-state index contributed by atoms with van der Waals surface area (Å²) < 4.78 is 28.5. The molecule has 1 N–H and O–H groups in total. The first kappa shape index (κ1) is 21.6. The number of nitrogens with zero attached hydrogens (tertiary/aromatic N) is 5. The molecule has 9 heteroatoms. The van der Waals surface area contributed by atoms with Gasteiger partial charge >= 0.3 is 0 Å². The van der Waals surface area contributed by atoms with Gasteiger partial charge in [-0.3, -0.25) is 4.98 Å². The maximum Gasteiger partial charge on any atom is 0.281 e. The van der Waals surface area contributed by atoms with E-state index in [9.17, 15) is 8.42 Å². The summed E-state index contributed by atoms with van der Waals surface area (Å²) >= 11 is 0. The molecule has 158 valence electrons. The van der Waals surface area contributed by atoms with E-state index in [1.807, 2.05) is 45.9 Å². The van der Waals surface area contributed by atoms with Crippen LogP contribution in [-0.2, 0) is 10.2 Å². The Hall–Kier alpha value is -2.10. The number of rotatable bonds is 7. The quantitative estimate of drug-likeness (QED) is 0.743. The lowest BCUT2D eigenvalue weighted by Crippen LogP contribution is -2.46. The van der Waals surface area contributed by atoms with E-state index in [1.165, 1.54) is 4.31 Å². The van der Waals surface area contributed by atoms with Gasteiger partial charge in [-0.25, -0.2) is 9.97 Å². The molecule has 1 fully saturated rings. The van der Waals surface area contributed by atoms with E-state index >= 15 is 0 Å². The fourth-order valence-corrected chi connectivity index (χ4v) is 5.38. The van der Waals surface area contributed by atoms with Crippen molar-refractivity contribution in [2.75, 3.05) is 31.5 Å². The lowest BCUT2D eigenvalue weighted by atomic mass is 9.94. The highest BCUT2D eigenvalue weighted by Gasteiger charge is 2.32. The molecule has 0 bridgehead atoms. The zero-order valence-electron chi connectivity index (χ0n) is 17.6. The monoisotopic (exact) mass is 418 g/mol. The van der Waals surface area contributed by atoms with Crippen molar-refractivity contribution in [3.63, 3.8) is 0 Å². The van der Waals surface area contributed by atoms with Crippen LogP contribution in [0.15, 0.2) is 24.4 Å². The summed E-state index contributed by atoms with van der Waals surface area (Å²) in [5.41, 5.74) is 3.66. The Bertz CT molecular complexity index is 900. The Morgan fingerprint density at radius 1 is 1.10 bits per heavy atom. The normalized spacial score (nSPS) is 16.3. The zero-order valence-corrected chi connectivity index (χ0v) is 18.4. The molecule has 0 aliphatic carbocycles. The third kappa shape index (κ3) is 5.09. The highest BCUT2D eigenvalue weighted by Crippen LogP contribution is 2.29. The van der Waals surface area contributed by atoms with Crippen molar-refractivity contribution in [1.82, 2.24) is 23.6 Å². The van der Waals surface area contributed by atoms with Crippen LogP contribution in [0.25, 0.3) is 0 Å². The Morgan fingerprint density at radius 3 is 2.24 bits per heavy atom. The third-order valence-electron chi connectivity index (χ3n) is 5.25. The molecule has 2 aromatic rings. The van der Waals surface area contributed by atoms with E-state index in [1.54, 1.807) is 10.5 Å². The largest absolute Gasteiger partial charge is 0.323 e. The molecule has 2 aromatic heterocycles. The minimum absolute atomic E-state index is 0.268. The van der Waals surface area contributed by atoms with Gasteiger partial charge in [0.25, 0.3) is 10.2 Å². The van der Waals surface area contributed by atoms with E-state index in [0.29, 0.717) is 32.1 Å². The highest BCUT2D eigenvalue weighted by atomic mass is 32.2. The summed E-state index contributed by atoms with van der Waals surface area (Å²) in [5, 5.41) is 3.19. The van der Waals surface area contributed by atoms with Crippen LogP contribution in [-0.4, -0.2) is 58.2 Å². The molecule has 3 heterocycles. The van der Waals surface area contributed by atoms with E-state index in [-0.39, 0.29) is 5.92 Å². The minimum atomic E-state index is -3.36. The molecule has 0 radical (unpaired) electrons. The first-order valence-electron chi connectivity index (χ1n) is 10.1. The van der Waals surface area contributed by atoms with E-state index in [2.05, 4.69) is 20.3 Å². The molecule has 1 aliphatic rings. The Labute approximate surface area is 173 Å². The van der Waals surface area contributed by atoms with E-state index < -0.39 is 10.2 Å². The number of pyridine rings is 1. The van der Waals surface area contributed by atoms with Crippen LogP contribution in [0.4, 0.5) is 11.6 Å². The molecule has 8 nitrogen and oxygen atoms in total. The van der Waals surface area contributed by atoms with Crippen molar-refractivity contribution < 1.29 is 8.42 Å². The molecule has 0 amide bonds. The Morgan fingerprint density at radius 2 is 1.72 bits per heavy atom. The maximum atomic E-state index is 12.7. The second-order valence-electron chi connectivity index (χ2n) is 7.34. The van der Waals surface area contributed by atoms with Gasteiger partial charge in [-0.1, -0.05) is 13.8 Å². The number of hydrogen-bond acceptors (Lipinski definition) is 6. The molecule has 0 saturated carbocycles. The van der Waals surface area contributed by atoms with Crippen molar-refractivity contribution in [2.24, 2.45) is 0 Å². The summed E-state index contributed by atoms with van der Waals surface area (Å²) in [6.45, 7) is 9.68. The number of anilines is 2. The van der Waals surface area contributed by atoms with Gasteiger partial charge < -0.3 is 5.32 Å². The first-order chi connectivity index (χ1) is 13.8. The van der Waals surface area contributed by atoms with Crippen molar-refractivity contribution in [1.29, 1.82) is 0 Å². The summed E-state index contributed by atoms with van der Waals surface area (Å²) in [7, 11) is -3.36. The van der Waals surface area contributed by atoms with Crippen LogP contribution < -0.4 is 5.32 Å². The summed E-state index contributed by atoms with van der Waals surface area (Å²) in [6.07, 6.45) is 3.34. The van der Waals surface area contributed by atoms with Gasteiger partial charge in [0.05, 0.1) is 11.9 Å². The average molecular weight is 419 g/mol. The molecule has 29 heavy (non-hydrogen) atoms. The van der Waals surface area contributed by atoms with Gasteiger partial charge in [-0.2, -0.15) is 17.0 Å². The van der Waals surface area contributed by atoms with Gasteiger partial charge in [0.1, 0.15) is 0 Å². The minimum Gasteiger partial charge on any atom is -0.323 e. The van der Waals surface area contributed by atoms with Crippen LogP contribution in [0.5, 0.6) is 0 Å².